The van der Waals surface area contributed by atoms with Crippen LogP contribution >= 0.6 is 0 Å². The molecular weight excluding hydrogens is 438 g/mol. The van der Waals surface area contributed by atoms with Crippen molar-refractivity contribution < 1.29 is 14.5 Å². The fourth-order valence-corrected chi connectivity index (χ4v) is 4.50. The van der Waals surface area contributed by atoms with Gasteiger partial charge >= 0.3 is 5.97 Å². The zero-order valence-corrected chi connectivity index (χ0v) is 18.8. The van der Waals surface area contributed by atoms with Gasteiger partial charge in [-0.15, -0.1) is 0 Å². The first-order valence-electron chi connectivity index (χ1n) is 11.4. The van der Waals surface area contributed by atoms with Crippen molar-refractivity contribution in [2.45, 2.75) is 25.8 Å². The molecule has 0 amide bonds. The number of aromatic nitrogens is 2. The van der Waals surface area contributed by atoms with Crippen molar-refractivity contribution in [3.63, 3.8) is 0 Å². The molecule has 0 spiro atoms. The fraction of sp³-hybridized carbons (Fsp3) is 0.375. The Labute approximate surface area is 195 Å². The van der Waals surface area contributed by atoms with Crippen LogP contribution in [0.15, 0.2) is 47.5 Å². The summed E-state index contributed by atoms with van der Waals surface area (Å²) in [7, 11) is 0. The van der Waals surface area contributed by atoms with Gasteiger partial charge in [0, 0.05) is 50.7 Å². The highest BCUT2D eigenvalue weighted by Gasteiger charge is 2.31. The van der Waals surface area contributed by atoms with E-state index < -0.39 is 16.3 Å². The average Bonchev–Trinajstić information content (AvgIpc) is 3.70. The molecule has 3 aromatic rings. The van der Waals surface area contributed by atoms with E-state index in [4.69, 9.17) is 4.74 Å². The molecule has 2 aliphatic rings. The van der Waals surface area contributed by atoms with E-state index in [1.54, 1.807) is 25.4 Å². The smallest absolute Gasteiger partial charge is 0.343 e. The van der Waals surface area contributed by atoms with E-state index in [1.165, 1.54) is 6.07 Å². The molecule has 1 aliphatic heterocycles. The van der Waals surface area contributed by atoms with Gasteiger partial charge in [0.1, 0.15) is 17.1 Å². The number of nitro groups is 1. The van der Waals surface area contributed by atoms with Gasteiger partial charge in [0.15, 0.2) is 0 Å². The average molecular weight is 463 g/mol. The van der Waals surface area contributed by atoms with Crippen LogP contribution in [-0.2, 0) is 4.74 Å². The minimum Gasteiger partial charge on any atom is -0.462 e. The second-order valence-corrected chi connectivity index (χ2v) is 8.51. The molecule has 2 fully saturated rings. The lowest BCUT2D eigenvalue weighted by molar-refractivity contribution is -0.384. The predicted octanol–water partition coefficient (Wildman–Crippen LogP) is 3.14. The second-order valence-electron chi connectivity index (χ2n) is 8.51. The van der Waals surface area contributed by atoms with Crippen molar-refractivity contribution in [1.29, 1.82) is 0 Å². The topological polar surface area (TPSA) is 111 Å². The van der Waals surface area contributed by atoms with Crippen molar-refractivity contribution in [3.05, 3.63) is 68.6 Å². The van der Waals surface area contributed by atoms with E-state index >= 15 is 0 Å². The first-order valence-corrected chi connectivity index (χ1v) is 11.4. The summed E-state index contributed by atoms with van der Waals surface area (Å²) in [5.74, 6) is 0.172. The molecule has 34 heavy (non-hydrogen) atoms. The normalized spacial score (nSPS) is 16.0. The molecule has 10 heteroatoms. The van der Waals surface area contributed by atoms with Crippen LogP contribution < -0.4 is 15.2 Å². The molecule has 10 nitrogen and oxygen atoms in total. The molecule has 0 bridgehead atoms. The summed E-state index contributed by atoms with van der Waals surface area (Å²) >= 11 is 0. The predicted molar refractivity (Wildman–Crippen MR) is 128 cm³/mol. The third-order valence-corrected chi connectivity index (χ3v) is 6.35. The van der Waals surface area contributed by atoms with Gasteiger partial charge in [0.2, 0.25) is 5.43 Å². The molecule has 3 heterocycles. The SMILES string of the molecule is CCOC(=O)c1cn(C2CC2)c2cc(N3CCN(c4ccccn4)CC3)c([N+](=O)[O-])cc2c1=O. The number of nitrogens with zero attached hydrogens (tertiary/aromatic N) is 5. The zero-order chi connectivity index (χ0) is 23.8. The molecule has 0 unspecified atom stereocenters. The summed E-state index contributed by atoms with van der Waals surface area (Å²) in [5.41, 5.74) is 0.315. The van der Waals surface area contributed by atoms with Crippen molar-refractivity contribution in [3.8, 4) is 0 Å². The summed E-state index contributed by atoms with van der Waals surface area (Å²) in [5, 5.41) is 12.2. The summed E-state index contributed by atoms with van der Waals surface area (Å²) in [6, 6.07) is 8.96. The highest BCUT2D eigenvalue weighted by atomic mass is 16.6. The van der Waals surface area contributed by atoms with Gasteiger partial charge in [-0.05, 0) is 38.0 Å². The monoisotopic (exact) mass is 463 g/mol. The van der Waals surface area contributed by atoms with Crippen LogP contribution in [0.4, 0.5) is 17.2 Å². The first kappa shape index (κ1) is 21.9. The van der Waals surface area contributed by atoms with Crippen molar-refractivity contribution in [2.75, 3.05) is 42.6 Å². The Morgan fingerprint density at radius 3 is 2.53 bits per heavy atom. The maximum absolute atomic E-state index is 13.1. The number of hydrogen-bond donors (Lipinski definition) is 0. The first-order chi connectivity index (χ1) is 16.5. The molecule has 1 aliphatic carbocycles. The van der Waals surface area contributed by atoms with Gasteiger partial charge in [-0.2, -0.15) is 0 Å². The number of carbonyl (C=O) groups excluding carboxylic acids is 1. The van der Waals surface area contributed by atoms with Gasteiger partial charge in [-0.25, -0.2) is 9.78 Å². The summed E-state index contributed by atoms with van der Waals surface area (Å²) in [4.78, 5) is 45.6. The Kier molecular flexibility index (Phi) is 5.64. The quantitative estimate of drug-likeness (QED) is 0.311. The van der Waals surface area contributed by atoms with Crippen LogP contribution in [0.2, 0.25) is 0 Å². The zero-order valence-electron chi connectivity index (χ0n) is 18.8. The minimum atomic E-state index is -0.707. The van der Waals surface area contributed by atoms with E-state index in [0.717, 1.165) is 18.7 Å². The molecule has 5 rings (SSSR count). The van der Waals surface area contributed by atoms with Crippen molar-refractivity contribution in [1.82, 2.24) is 9.55 Å². The number of carbonyl (C=O) groups is 1. The molecule has 1 saturated heterocycles. The maximum atomic E-state index is 13.1. The van der Waals surface area contributed by atoms with E-state index in [2.05, 4.69) is 9.88 Å². The van der Waals surface area contributed by atoms with E-state index in [9.17, 15) is 19.7 Å². The number of piperazine rings is 1. The summed E-state index contributed by atoms with van der Waals surface area (Å²) in [6.07, 6.45) is 5.15. The van der Waals surface area contributed by atoms with E-state index in [1.807, 2.05) is 27.7 Å². The number of rotatable bonds is 6. The Morgan fingerprint density at radius 1 is 1.18 bits per heavy atom. The van der Waals surface area contributed by atoms with Crippen LogP contribution in [0, 0.1) is 10.1 Å². The number of anilines is 2. The van der Waals surface area contributed by atoms with E-state index in [-0.39, 0.29) is 29.3 Å². The van der Waals surface area contributed by atoms with Crippen LogP contribution in [0.5, 0.6) is 0 Å². The Balaban J connectivity index is 1.56. The summed E-state index contributed by atoms with van der Waals surface area (Å²) < 4.78 is 6.95. The van der Waals surface area contributed by atoms with Crippen LogP contribution in [0.25, 0.3) is 10.9 Å². The number of hydrogen-bond acceptors (Lipinski definition) is 8. The highest BCUT2D eigenvalue weighted by Crippen LogP contribution is 2.40. The molecule has 2 aromatic heterocycles. The molecule has 176 valence electrons. The third-order valence-electron chi connectivity index (χ3n) is 6.35. The van der Waals surface area contributed by atoms with Gasteiger partial charge in [-0.1, -0.05) is 6.07 Å². The standard InChI is InChI=1S/C24H25N5O5/c1-2-34-24(31)18-15-28(16-6-7-16)19-14-20(21(29(32)33)13-17(19)23(18)30)26-9-11-27(12-10-26)22-5-3-4-8-25-22/h3-5,8,13-16H,2,6-7,9-12H2,1H3. The lowest BCUT2D eigenvalue weighted by Crippen LogP contribution is -2.47. The molecule has 0 atom stereocenters. The number of nitro benzene ring substituents is 1. The van der Waals surface area contributed by atoms with Gasteiger partial charge in [-0.3, -0.25) is 14.9 Å². The maximum Gasteiger partial charge on any atom is 0.343 e. The van der Waals surface area contributed by atoms with Gasteiger partial charge in [0.25, 0.3) is 5.69 Å². The third kappa shape index (κ3) is 3.95. The Morgan fingerprint density at radius 2 is 1.91 bits per heavy atom. The van der Waals surface area contributed by atoms with Crippen molar-refractivity contribution >= 4 is 34.1 Å². The fourth-order valence-electron chi connectivity index (χ4n) is 4.50. The highest BCUT2D eigenvalue weighted by molar-refractivity contribution is 5.96. The van der Waals surface area contributed by atoms with Crippen LogP contribution in [0.3, 0.4) is 0 Å². The number of ether oxygens (including phenoxy) is 1. The van der Waals surface area contributed by atoms with Crippen LogP contribution in [0.1, 0.15) is 36.2 Å². The number of pyridine rings is 2. The van der Waals surface area contributed by atoms with E-state index in [0.29, 0.717) is 37.4 Å². The van der Waals surface area contributed by atoms with Crippen LogP contribution in [-0.4, -0.2) is 53.2 Å². The summed E-state index contributed by atoms with van der Waals surface area (Å²) in [6.45, 7) is 4.31. The second kappa shape index (κ2) is 8.77. The van der Waals surface area contributed by atoms with Gasteiger partial charge < -0.3 is 19.1 Å². The molecular formula is C24H25N5O5. The minimum absolute atomic E-state index is 0.0905. The largest absolute Gasteiger partial charge is 0.462 e. The molecule has 1 aromatic carbocycles. The molecule has 0 radical (unpaired) electrons. The number of fused-ring (bicyclic) bond motifs is 1. The Bertz CT molecular complexity index is 1310. The molecule has 1 saturated carbocycles. The van der Waals surface area contributed by atoms with Gasteiger partial charge in [0.05, 0.1) is 22.4 Å². The number of benzene rings is 1. The lowest BCUT2D eigenvalue weighted by Gasteiger charge is -2.36. The van der Waals surface area contributed by atoms with Crippen molar-refractivity contribution in [2.24, 2.45) is 0 Å². The Hall–Kier alpha value is -3.95. The molecule has 0 N–H and O–H groups in total. The lowest BCUT2D eigenvalue weighted by atomic mass is 10.1. The number of esters is 1.